The van der Waals surface area contributed by atoms with Gasteiger partial charge in [-0.25, -0.2) is 4.98 Å². The number of ether oxygens (including phenoxy) is 2. The van der Waals surface area contributed by atoms with E-state index in [9.17, 15) is 9.59 Å². The largest absolute Gasteiger partial charge is 0.495 e. The van der Waals surface area contributed by atoms with Crippen LogP contribution in [0.2, 0.25) is 10.0 Å². The van der Waals surface area contributed by atoms with Crippen molar-refractivity contribution in [3.63, 3.8) is 0 Å². The maximum Gasteiger partial charge on any atom is 0.247 e. The topological polar surface area (TPSA) is 122 Å². The lowest BCUT2D eigenvalue weighted by molar-refractivity contribution is -0.111. The molecule has 2 aromatic heterocycles. The number of carbonyl (C=O) groups is 2. The minimum atomic E-state index is -0.579. The molecule has 0 saturated carbocycles. The molecule has 0 unspecified atom stereocenters. The second kappa shape index (κ2) is 12.9. The number of hydrogen-bond donors (Lipinski definition) is 2. The lowest BCUT2D eigenvalue weighted by Gasteiger charge is -2.35. The van der Waals surface area contributed by atoms with E-state index in [2.05, 4.69) is 43.9 Å². The van der Waals surface area contributed by atoms with Gasteiger partial charge in [0.1, 0.15) is 11.5 Å². The Balaban J connectivity index is 1.43. The molecule has 1 fully saturated rings. The van der Waals surface area contributed by atoms with Crippen LogP contribution in [0.25, 0.3) is 11.1 Å². The van der Waals surface area contributed by atoms with Crippen molar-refractivity contribution < 1.29 is 23.5 Å². The van der Waals surface area contributed by atoms with Gasteiger partial charge in [0.25, 0.3) is 0 Å². The van der Waals surface area contributed by atoms with E-state index in [1.165, 1.54) is 38.6 Å². The number of benzene rings is 2. The first-order valence-corrected chi connectivity index (χ1v) is 14.2. The van der Waals surface area contributed by atoms with Crippen LogP contribution in [0, 0.1) is 0 Å². The predicted octanol–water partition coefficient (Wildman–Crippen LogP) is 5.79. The van der Waals surface area contributed by atoms with Crippen molar-refractivity contribution in [1.82, 2.24) is 14.9 Å². The number of furan rings is 1. The van der Waals surface area contributed by atoms with Crippen LogP contribution in [0.15, 0.2) is 53.6 Å². The average molecular weight is 626 g/mol. The standard InChI is InChI=1S/C30H30Cl2N6O5/c1-5-24(39)34-20-14-18(38-11-9-37(6-2)10-12-38)7-8-19(20)35-30-33-16-17-13-23(43-29(17)36-30)28(40)25-26(31)21(41-3)15-22(42-4)27(25)32/h5,7-8,13-16H,1,6,9-12H2,2-4H3,(H,34,39)(H,33,35,36). The van der Waals surface area contributed by atoms with Crippen molar-refractivity contribution in [3.05, 3.63) is 70.6 Å². The fourth-order valence-corrected chi connectivity index (χ4v) is 5.45. The molecule has 0 radical (unpaired) electrons. The van der Waals surface area contributed by atoms with E-state index in [1.54, 1.807) is 0 Å². The quantitative estimate of drug-likeness (QED) is 0.166. The number of rotatable bonds is 10. The van der Waals surface area contributed by atoms with Gasteiger partial charge in [-0.2, -0.15) is 4.98 Å². The van der Waals surface area contributed by atoms with Crippen molar-refractivity contribution in [2.24, 2.45) is 0 Å². The summed E-state index contributed by atoms with van der Waals surface area (Å²) in [5.74, 6) is -0.340. The van der Waals surface area contributed by atoms with E-state index < -0.39 is 5.78 Å². The summed E-state index contributed by atoms with van der Waals surface area (Å²) in [5.41, 5.74) is 2.22. The van der Waals surface area contributed by atoms with Crippen molar-refractivity contribution in [2.75, 3.05) is 62.5 Å². The number of halogens is 2. The van der Waals surface area contributed by atoms with Gasteiger partial charge in [0.15, 0.2) is 5.76 Å². The Bertz CT molecular complexity index is 1670. The smallest absolute Gasteiger partial charge is 0.247 e. The molecule has 11 nitrogen and oxygen atoms in total. The molecule has 0 aliphatic carbocycles. The summed E-state index contributed by atoms with van der Waals surface area (Å²) in [6.45, 7) is 10.4. The van der Waals surface area contributed by atoms with Gasteiger partial charge in [0.05, 0.1) is 46.6 Å². The Morgan fingerprint density at radius 2 is 1.74 bits per heavy atom. The first-order valence-electron chi connectivity index (χ1n) is 13.5. The van der Waals surface area contributed by atoms with E-state index in [-0.39, 0.29) is 50.4 Å². The average Bonchev–Trinajstić information content (AvgIpc) is 3.45. The van der Waals surface area contributed by atoms with Crippen LogP contribution in [0.4, 0.5) is 23.0 Å². The monoisotopic (exact) mass is 624 g/mol. The first kappa shape index (κ1) is 30.1. The molecule has 1 aliphatic heterocycles. The van der Waals surface area contributed by atoms with Crippen molar-refractivity contribution in [2.45, 2.75) is 6.92 Å². The molecular formula is C30H30Cl2N6O5. The summed E-state index contributed by atoms with van der Waals surface area (Å²) >= 11 is 12.9. The lowest BCUT2D eigenvalue weighted by atomic mass is 10.1. The summed E-state index contributed by atoms with van der Waals surface area (Å²) in [6, 6.07) is 8.73. The van der Waals surface area contributed by atoms with Crippen molar-refractivity contribution in [1.29, 1.82) is 0 Å². The van der Waals surface area contributed by atoms with Crippen LogP contribution in [0.1, 0.15) is 23.0 Å². The molecule has 5 rings (SSSR count). The van der Waals surface area contributed by atoms with Gasteiger partial charge in [-0.1, -0.05) is 36.7 Å². The third kappa shape index (κ3) is 6.24. The molecule has 3 heterocycles. The molecule has 1 aliphatic rings. The highest BCUT2D eigenvalue weighted by atomic mass is 35.5. The Hall–Kier alpha value is -4.32. The van der Waals surface area contributed by atoms with E-state index in [0.717, 1.165) is 38.4 Å². The molecule has 2 aromatic carbocycles. The zero-order chi connectivity index (χ0) is 30.7. The maximum atomic E-state index is 13.5. The molecule has 13 heteroatoms. The van der Waals surface area contributed by atoms with Gasteiger partial charge in [0.2, 0.25) is 23.4 Å². The molecule has 1 saturated heterocycles. The highest BCUT2D eigenvalue weighted by molar-refractivity contribution is 6.42. The van der Waals surface area contributed by atoms with Crippen molar-refractivity contribution in [3.8, 4) is 11.5 Å². The second-order valence-corrected chi connectivity index (χ2v) is 10.4. The number of anilines is 4. The third-order valence-corrected chi connectivity index (χ3v) is 7.93. The first-order chi connectivity index (χ1) is 20.8. The number of methoxy groups -OCH3 is 2. The predicted molar refractivity (Wildman–Crippen MR) is 168 cm³/mol. The Morgan fingerprint density at radius 3 is 2.37 bits per heavy atom. The molecule has 0 atom stereocenters. The molecule has 43 heavy (non-hydrogen) atoms. The number of ketones is 1. The summed E-state index contributed by atoms with van der Waals surface area (Å²) < 4.78 is 16.4. The van der Waals surface area contributed by atoms with Crippen LogP contribution in [-0.2, 0) is 4.79 Å². The molecule has 2 N–H and O–H groups in total. The number of fused-ring (bicyclic) bond motifs is 1. The molecule has 224 valence electrons. The summed E-state index contributed by atoms with van der Waals surface area (Å²) in [5, 5.41) is 6.53. The molecule has 4 aromatic rings. The normalized spacial score (nSPS) is 13.6. The summed E-state index contributed by atoms with van der Waals surface area (Å²) in [4.78, 5) is 39.2. The van der Waals surface area contributed by atoms with Gasteiger partial charge in [0, 0.05) is 44.1 Å². The zero-order valence-corrected chi connectivity index (χ0v) is 25.4. The highest BCUT2D eigenvalue weighted by Crippen LogP contribution is 2.41. The molecular weight excluding hydrogens is 595 g/mol. The van der Waals surface area contributed by atoms with Gasteiger partial charge in [-0.3, -0.25) is 9.59 Å². The van der Waals surface area contributed by atoms with Gasteiger partial charge in [-0.15, -0.1) is 0 Å². The number of likely N-dealkylation sites (N-methyl/N-ethyl adjacent to an activating group) is 1. The van der Waals surface area contributed by atoms with Crippen LogP contribution < -0.4 is 25.0 Å². The van der Waals surface area contributed by atoms with Crippen LogP contribution in [0.5, 0.6) is 11.5 Å². The minimum absolute atomic E-state index is 0.0244. The number of hydrogen-bond acceptors (Lipinski definition) is 10. The number of aromatic nitrogens is 2. The fraction of sp³-hybridized carbons (Fsp3) is 0.267. The third-order valence-electron chi connectivity index (χ3n) is 7.18. The van der Waals surface area contributed by atoms with Gasteiger partial charge < -0.3 is 34.3 Å². The van der Waals surface area contributed by atoms with E-state index in [4.69, 9.17) is 37.1 Å². The Labute approximate surface area is 258 Å². The van der Waals surface area contributed by atoms with Crippen LogP contribution >= 0.6 is 23.2 Å². The van der Waals surface area contributed by atoms with Crippen LogP contribution in [-0.4, -0.2) is 73.5 Å². The number of amides is 1. The Morgan fingerprint density at radius 1 is 1.05 bits per heavy atom. The Kier molecular flexibility index (Phi) is 9.05. The maximum absolute atomic E-state index is 13.5. The zero-order valence-electron chi connectivity index (χ0n) is 23.9. The van der Waals surface area contributed by atoms with Crippen LogP contribution in [0.3, 0.4) is 0 Å². The highest BCUT2D eigenvalue weighted by Gasteiger charge is 2.27. The van der Waals surface area contributed by atoms with Gasteiger partial charge in [-0.05, 0) is 36.9 Å². The SMILES string of the molecule is C=CC(=O)Nc1cc(N2CCN(CC)CC2)ccc1Nc1ncc2cc(C(=O)c3c(Cl)c(OC)cc(OC)c3Cl)oc2n1. The fourth-order valence-electron chi connectivity index (χ4n) is 4.78. The molecule has 0 spiro atoms. The number of nitrogens with one attached hydrogen (secondary N) is 2. The van der Waals surface area contributed by atoms with Gasteiger partial charge >= 0.3 is 0 Å². The lowest BCUT2D eigenvalue weighted by Crippen LogP contribution is -2.46. The van der Waals surface area contributed by atoms with E-state index >= 15 is 0 Å². The van der Waals surface area contributed by atoms with E-state index in [0.29, 0.717) is 16.8 Å². The number of carbonyl (C=O) groups excluding carboxylic acids is 2. The summed E-state index contributed by atoms with van der Waals surface area (Å²) in [6.07, 6.45) is 2.72. The van der Waals surface area contributed by atoms with Crippen molar-refractivity contribution >= 4 is 69.0 Å². The minimum Gasteiger partial charge on any atom is -0.495 e. The second-order valence-electron chi connectivity index (χ2n) is 9.65. The summed E-state index contributed by atoms with van der Waals surface area (Å²) in [7, 11) is 2.84. The molecule has 1 amide bonds. The number of nitrogens with zero attached hydrogens (tertiary/aromatic N) is 4. The van der Waals surface area contributed by atoms with E-state index in [1.807, 2.05) is 18.2 Å². The molecule has 0 bridgehead atoms. The number of piperazine rings is 1.